The lowest BCUT2D eigenvalue weighted by atomic mass is 10.5. The minimum atomic E-state index is -2.27. The fraction of sp³-hybridized carbons (Fsp3) is 1.00. The topological polar surface area (TPSA) is 27.7 Å². The fourth-order valence-electron chi connectivity index (χ4n) is 0.937. The maximum absolute atomic E-state index is 5.55. The van der Waals surface area contributed by atoms with Crippen LogP contribution in [0.3, 0.4) is 0 Å². The van der Waals surface area contributed by atoms with Crippen LogP contribution in [0.25, 0.3) is 0 Å². The molecule has 0 heterocycles. The molecule has 0 amide bonds. The van der Waals surface area contributed by atoms with Gasteiger partial charge in [-0.1, -0.05) is 6.92 Å². The van der Waals surface area contributed by atoms with Gasteiger partial charge in [-0.3, -0.25) is 0 Å². The summed E-state index contributed by atoms with van der Waals surface area (Å²) in [5, 5.41) is 0. The van der Waals surface area contributed by atoms with Crippen molar-refractivity contribution in [1.29, 1.82) is 0 Å². The fourth-order valence-corrected chi connectivity index (χ4v) is 2.81. The van der Waals surface area contributed by atoms with Crippen LogP contribution in [0.4, 0.5) is 0 Å². The average Bonchev–Trinajstić information content (AvgIpc) is 2.02. The molecule has 0 radical (unpaired) electrons. The van der Waals surface area contributed by atoms with Gasteiger partial charge in [0.15, 0.2) is 0 Å². The van der Waals surface area contributed by atoms with Crippen LogP contribution >= 0.6 is 0 Å². The molecular weight excluding hydrogens is 172 g/mol. The summed E-state index contributed by atoms with van der Waals surface area (Å²) in [5.74, 6) is 0. The van der Waals surface area contributed by atoms with Crippen LogP contribution in [0.1, 0.15) is 27.2 Å². The van der Waals surface area contributed by atoms with Crippen molar-refractivity contribution >= 4 is 8.80 Å². The Hall–Kier alpha value is 0.0969. The molecule has 0 aliphatic heterocycles. The molecule has 0 spiro atoms. The van der Waals surface area contributed by atoms with Crippen molar-refractivity contribution in [2.45, 2.75) is 33.7 Å². The van der Waals surface area contributed by atoms with Gasteiger partial charge in [0.05, 0.1) is 0 Å². The summed E-state index contributed by atoms with van der Waals surface area (Å²) >= 11 is 0. The van der Waals surface area contributed by atoms with Crippen molar-refractivity contribution < 1.29 is 13.3 Å². The second-order valence-corrected chi connectivity index (χ2v) is 5.17. The Morgan fingerprint density at radius 1 is 0.917 bits per heavy atom. The van der Waals surface area contributed by atoms with E-state index in [1.807, 2.05) is 20.4 Å². The summed E-state index contributed by atoms with van der Waals surface area (Å²) in [5.41, 5.74) is 0. The number of hydrogen-bond donors (Lipinski definition) is 0. The molecule has 3 nitrogen and oxygen atoms in total. The quantitative estimate of drug-likeness (QED) is 0.578. The minimum absolute atomic E-state index is 0.659. The number of hydrogen-bond acceptors (Lipinski definition) is 3. The SMILES string of the molecule is CCCO[Si](C)(OCC)OCC. The van der Waals surface area contributed by atoms with E-state index in [1.54, 1.807) is 0 Å². The van der Waals surface area contributed by atoms with Crippen molar-refractivity contribution in [3.8, 4) is 0 Å². The Morgan fingerprint density at radius 3 is 1.75 bits per heavy atom. The van der Waals surface area contributed by atoms with Gasteiger partial charge in [0.25, 0.3) is 0 Å². The van der Waals surface area contributed by atoms with Crippen LogP contribution in [-0.4, -0.2) is 28.6 Å². The van der Waals surface area contributed by atoms with Gasteiger partial charge in [-0.15, -0.1) is 0 Å². The van der Waals surface area contributed by atoms with Crippen molar-refractivity contribution in [3.63, 3.8) is 0 Å². The molecule has 0 aliphatic carbocycles. The van der Waals surface area contributed by atoms with E-state index in [0.717, 1.165) is 13.0 Å². The molecule has 0 rings (SSSR count). The first-order valence-corrected chi connectivity index (χ1v) is 6.82. The lowest BCUT2D eigenvalue weighted by Gasteiger charge is -2.24. The minimum Gasteiger partial charge on any atom is -0.374 e. The molecule has 0 unspecified atom stereocenters. The summed E-state index contributed by atoms with van der Waals surface area (Å²) in [7, 11) is -2.27. The zero-order chi connectivity index (χ0) is 9.45. The summed E-state index contributed by atoms with van der Waals surface area (Å²) in [6, 6.07) is 0. The van der Waals surface area contributed by atoms with E-state index >= 15 is 0 Å². The molecule has 0 aromatic heterocycles. The Balaban J connectivity index is 3.80. The van der Waals surface area contributed by atoms with Gasteiger partial charge in [-0.25, -0.2) is 0 Å². The third-order valence-corrected chi connectivity index (χ3v) is 3.74. The van der Waals surface area contributed by atoms with Crippen LogP contribution in [0.2, 0.25) is 6.55 Å². The Labute approximate surface area is 76.4 Å². The standard InChI is InChI=1S/C8H20O3Si/c1-5-8-11-12(4,9-6-2)10-7-3/h5-8H2,1-4H3. The monoisotopic (exact) mass is 192 g/mol. The van der Waals surface area contributed by atoms with Crippen LogP contribution in [-0.2, 0) is 13.3 Å². The molecule has 0 atom stereocenters. The van der Waals surface area contributed by atoms with Gasteiger partial charge in [-0.05, 0) is 20.3 Å². The maximum Gasteiger partial charge on any atom is 0.497 e. The second kappa shape index (κ2) is 6.60. The van der Waals surface area contributed by atoms with Crippen molar-refractivity contribution in [2.75, 3.05) is 19.8 Å². The summed E-state index contributed by atoms with van der Waals surface area (Å²) in [6.07, 6.45) is 1.00. The zero-order valence-electron chi connectivity index (χ0n) is 8.55. The van der Waals surface area contributed by atoms with Crippen LogP contribution in [0, 0.1) is 0 Å². The lowest BCUT2D eigenvalue weighted by Crippen LogP contribution is -2.42. The first kappa shape index (κ1) is 12.1. The summed E-state index contributed by atoms with van der Waals surface area (Å²) < 4.78 is 16.5. The van der Waals surface area contributed by atoms with Gasteiger partial charge in [0.2, 0.25) is 0 Å². The predicted molar refractivity (Wildman–Crippen MR) is 51.1 cm³/mol. The molecule has 0 fully saturated rings. The number of rotatable bonds is 7. The summed E-state index contributed by atoms with van der Waals surface area (Å²) in [4.78, 5) is 0. The Bertz CT molecular complexity index is 102. The molecule has 0 saturated heterocycles. The molecule has 0 N–H and O–H groups in total. The van der Waals surface area contributed by atoms with E-state index in [0.29, 0.717) is 13.2 Å². The maximum atomic E-state index is 5.55. The van der Waals surface area contributed by atoms with Gasteiger partial charge in [-0.2, -0.15) is 0 Å². The molecule has 0 saturated carbocycles. The van der Waals surface area contributed by atoms with Crippen LogP contribution in [0.5, 0.6) is 0 Å². The average molecular weight is 192 g/mol. The highest BCUT2D eigenvalue weighted by Gasteiger charge is 2.33. The van der Waals surface area contributed by atoms with E-state index in [-0.39, 0.29) is 0 Å². The molecule has 0 aromatic carbocycles. The van der Waals surface area contributed by atoms with Crippen molar-refractivity contribution in [1.82, 2.24) is 0 Å². The van der Waals surface area contributed by atoms with E-state index in [1.165, 1.54) is 0 Å². The van der Waals surface area contributed by atoms with E-state index in [4.69, 9.17) is 13.3 Å². The molecule has 0 aromatic rings. The van der Waals surface area contributed by atoms with Gasteiger partial charge in [0, 0.05) is 26.4 Å². The van der Waals surface area contributed by atoms with E-state index < -0.39 is 8.80 Å². The highest BCUT2D eigenvalue weighted by molar-refractivity contribution is 6.59. The Kier molecular flexibility index (Phi) is 6.65. The van der Waals surface area contributed by atoms with E-state index in [2.05, 4.69) is 6.92 Å². The van der Waals surface area contributed by atoms with Crippen molar-refractivity contribution in [2.24, 2.45) is 0 Å². The summed E-state index contributed by atoms with van der Waals surface area (Å²) in [6.45, 7) is 9.98. The van der Waals surface area contributed by atoms with Crippen LogP contribution < -0.4 is 0 Å². The third-order valence-electron chi connectivity index (χ3n) is 1.38. The molecular formula is C8H20O3Si. The lowest BCUT2D eigenvalue weighted by molar-refractivity contribution is 0.0740. The molecule has 12 heavy (non-hydrogen) atoms. The van der Waals surface area contributed by atoms with Gasteiger partial charge < -0.3 is 13.3 Å². The second-order valence-electron chi connectivity index (χ2n) is 2.58. The zero-order valence-corrected chi connectivity index (χ0v) is 9.55. The highest BCUT2D eigenvalue weighted by atomic mass is 28.4. The van der Waals surface area contributed by atoms with E-state index in [9.17, 15) is 0 Å². The molecule has 74 valence electrons. The first-order valence-electron chi connectivity index (χ1n) is 4.60. The smallest absolute Gasteiger partial charge is 0.374 e. The predicted octanol–water partition coefficient (Wildman–Crippen LogP) is 2.05. The largest absolute Gasteiger partial charge is 0.497 e. The molecule has 4 heteroatoms. The highest BCUT2D eigenvalue weighted by Crippen LogP contribution is 2.09. The third kappa shape index (κ3) is 4.87. The normalized spacial score (nSPS) is 12.0. The first-order chi connectivity index (χ1) is 5.68. The van der Waals surface area contributed by atoms with Crippen molar-refractivity contribution in [3.05, 3.63) is 0 Å². The molecule has 0 bridgehead atoms. The van der Waals surface area contributed by atoms with Gasteiger partial charge in [0.1, 0.15) is 0 Å². The Morgan fingerprint density at radius 2 is 1.42 bits per heavy atom. The molecule has 0 aliphatic rings. The van der Waals surface area contributed by atoms with Gasteiger partial charge >= 0.3 is 8.80 Å². The van der Waals surface area contributed by atoms with Crippen LogP contribution in [0.15, 0.2) is 0 Å².